The van der Waals surface area contributed by atoms with Crippen molar-refractivity contribution in [3.05, 3.63) is 35.9 Å². The predicted octanol–water partition coefficient (Wildman–Crippen LogP) is -0.611. The molecule has 2 saturated heterocycles. The number of carbonyl (C=O) groups is 3. The van der Waals surface area contributed by atoms with Crippen LogP contribution in [0.3, 0.4) is 0 Å². The number of nitrogens with zero attached hydrogens (tertiary/aromatic N) is 3. The van der Waals surface area contributed by atoms with Gasteiger partial charge in [0.05, 0.1) is 6.54 Å². The third-order valence-electron chi connectivity index (χ3n) is 4.41. The van der Waals surface area contributed by atoms with Crippen molar-refractivity contribution in [3.8, 4) is 0 Å². The lowest BCUT2D eigenvalue weighted by atomic mass is 10.1. The minimum absolute atomic E-state index is 0.00847. The Bertz CT molecular complexity index is 736. The predicted molar refractivity (Wildman–Crippen MR) is 93.5 cm³/mol. The largest absolute Gasteiger partial charge is 0.396 e. The highest BCUT2D eigenvalue weighted by Crippen LogP contribution is 2.21. The number of fused-ring (bicyclic) bond motifs is 1. The second-order valence-electron chi connectivity index (χ2n) is 6.14. The van der Waals surface area contributed by atoms with Crippen LogP contribution in [-0.2, 0) is 4.79 Å². The zero-order valence-corrected chi connectivity index (χ0v) is 14.4. The fourth-order valence-electron chi connectivity index (χ4n) is 3.02. The molecule has 9 heteroatoms. The first kappa shape index (κ1) is 17.9. The van der Waals surface area contributed by atoms with Crippen LogP contribution in [0.2, 0.25) is 0 Å². The van der Waals surface area contributed by atoms with Gasteiger partial charge in [-0.3, -0.25) is 19.9 Å². The summed E-state index contributed by atoms with van der Waals surface area (Å²) >= 11 is 0. The van der Waals surface area contributed by atoms with E-state index in [9.17, 15) is 14.4 Å². The molecule has 2 heterocycles. The number of Topliss-reactive ketones (excluding diaryl/α,β-unsaturated/α-hetero) is 1. The van der Waals surface area contributed by atoms with Gasteiger partial charge in [0.1, 0.15) is 6.17 Å². The van der Waals surface area contributed by atoms with E-state index >= 15 is 0 Å². The Morgan fingerprint density at radius 3 is 2.69 bits per heavy atom. The number of carbonyl (C=O) groups excluding carboxylic acids is 3. The highest BCUT2D eigenvalue weighted by atomic mass is 16.3. The van der Waals surface area contributed by atoms with E-state index in [1.165, 1.54) is 4.90 Å². The zero-order valence-electron chi connectivity index (χ0n) is 14.4. The van der Waals surface area contributed by atoms with Crippen molar-refractivity contribution in [1.29, 1.82) is 0 Å². The van der Waals surface area contributed by atoms with E-state index in [1.54, 1.807) is 36.2 Å². The molecule has 26 heavy (non-hydrogen) atoms. The van der Waals surface area contributed by atoms with Gasteiger partial charge in [-0.1, -0.05) is 30.3 Å². The molecule has 1 aromatic rings. The van der Waals surface area contributed by atoms with Gasteiger partial charge in [0, 0.05) is 25.8 Å². The Labute approximate surface area is 150 Å². The number of nitrogens with one attached hydrogen (secondary N) is 2. The summed E-state index contributed by atoms with van der Waals surface area (Å²) in [5.41, 5.74) is 0.534. The van der Waals surface area contributed by atoms with Crippen molar-refractivity contribution < 1.29 is 19.5 Å². The summed E-state index contributed by atoms with van der Waals surface area (Å²) in [5.74, 6) is -0.261. The zero-order chi connectivity index (χ0) is 18.7. The fourth-order valence-corrected chi connectivity index (χ4v) is 3.02. The standard InChI is InChI=1S/C17H21N5O4/c1-21-14-13(15(25)20-17(21)26)22(16(19-14)18-8-5-9-23)10-12(24)11-6-3-2-4-7-11/h2-4,6-7,13-14,23H,5,8-10H2,1H3,(H,18,19)(H,20,25,26). The number of guanidine groups is 1. The monoisotopic (exact) mass is 359 g/mol. The van der Waals surface area contributed by atoms with Gasteiger partial charge in [-0.15, -0.1) is 0 Å². The summed E-state index contributed by atoms with van der Waals surface area (Å²) in [6.07, 6.45) is -0.144. The maximum absolute atomic E-state index is 12.6. The molecule has 0 saturated carbocycles. The summed E-state index contributed by atoms with van der Waals surface area (Å²) in [6, 6.07) is 7.53. The van der Waals surface area contributed by atoms with Crippen molar-refractivity contribution in [2.75, 3.05) is 26.7 Å². The topological polar surface area (TPSA) is 114 Å². The van der Waals surface area contributed by atoms with Crippen LogP contribution in [0.5, 0.6) is 0 Å². The maximum Gasteiger partial charge on any atom is 0.325 e. The number of hydrogen-bond acceptors (Lipinski definition) is 5. The Balaban J connectivity index is 1.87. The van der Waals surface area contributed by atoms with Crippen LogP contribution < -0.4 is 10.6 Å². The van der Waals surface area contributed by atoms with Gasteiger partial charge >= 0.3 is 6.03 Å². The summed E-state index contributed by atoms with van der Waals surface area (Å²) < 4.78 is 0. The molecule has 0 aliphatic carbocycles. The molecule has 2 fully saturated rings. The Hall–Kier alpha value is -2.94. The van der Waals surface area contributed by atoms with Crippen LogP contribution in [0, 0.1) is 0 Å². The number of rotatable bonds is 6. The van der Waals surface area contributed by atoms with Gasteiger partial charge in [0.2, 0.25) is 0 Å². The lowest BCUT2D eigenvalue weighted by molar-refractivity contribution is -0.126. The van der Waals surface area contributed by atoms with Gasteiger partial charge in [0.25, 0.3) is 5.91 Å². The molecule has 9 nitrogen and oxygen atoms in total. The van der Waals surface area contributed by atoms with E-state index in [0.717, 1.165) is 0 Å². The van der Waals surface area contributed by atoms with Gasteiger partial charge in [0.15, 0.2) is 17.8 Å². The van der Waals surface area contributed by atoms with E-state index in [-0.39, 0.29) is 18.9 Å². The molecule has 2 unspecified atom stereocenters. The van der Waals surface area contributed by atoms with Crippen molar-refractivity contribution in [2.24, 2.45) is 4.99 Å². The van der Waals surface area contributed by atoms with Crippen LogP contribution in [-0.4, -0.2) is 77.5 Å². The quantitative estimate of drug-likeness (QED) is 0.461. The minimum atomic E-state index is -0.752. The van der Waals surface area contributed by atoms with Crippen LogP contribution in [0.4, 0.5) is 4.79 Å². The van der Waals surface area contributed by atoms with Crippen LogP contribution in [0.1, 0.15) is 16.8 Å². The smallest absolute Gasteiger partial charge is 0.325 e. The summed E-state index contributed by atoms with van der Waals surface area (Å²) in [5, 5.41) is 14.3. The van der Waals surface area contributed by atoms with Crippen LogP contribution in [0.25, 0.3) is 0 Å². The van der Waals surface area contributed by atoms with Gasteiger partial charge in [-0.2, -0.15) is 0 Å². The molecule has 3 amide bonds. The molecule has 0 radical (unpaired) electrons. The number of ketones is 1. The lowest BCUT2D eigenvalue weighted by Gasteiger charge is -2.35. The first-order valence-electron chi connectivity index (χ1n) is 8.37. The average Bonchev–Trinajstić information content (AvgIpc) is 3.00. The lowest BCUT2D eigenvalue weighted by Crippen LogP contribution is -2.65. The molecule has 1 aromatic carbocycles. The minimum Gasteiger partial charge on any atom is -0.396 e. The first-order valence-corrected chi connectivity index (χ1v) is 8.37. The Morgan fingerprint density at radius 1 is 1.27 bits per heavy atom. The maximum atomic E-state index is 12.6. The van der Waals surface area contributed by atoms with Crippen LogP contribution >= 0.6 is 0 Å². The van der Waals surface area contributed by atoms with E-state index in [2.05, 4.69) is 15.6 Å². The first-order chi connectivity index (χ1) is 12.5. The van der Waals surface area contributed by atoms with Crippen molar-refractivity contribution in [2.45, 2.75) is 18.6 Å². The molecule has 2 aliphatic rings. The van der Waals surface area contributed by atoms with E-state index < -0.39 is 24.1 Å². The molecular formula is C17H21N5O4. The summed E-state index contributed by atoms with van der Waals surface area (Å²) in [6.45, 7) is 0.282. The second kappa shape index (κ2) is 7.52. The molecular weight excluding hydrogens is 338 g/mol. The van der Waals surface area contributed by atoms with E-state index in [0.29, 0.717) is 24.5 Å². The van der Waals surface area contributed by atoms with Gasteiger partial charge in [-0.05, 0) is 6.42 Å². The summed E-state index contributed by atoms with van der Waals surface area (Å²) in [7, 11) is 1.57. The third kappa shape index (κ3) is 3.38. The number of amides is 3. The highest BCUT2D eigenvalue weighted by molar-refractivity contribution is 6.06. The normalized spacial score (nSPS) is 23.7. The van der Waals surface area contributed by atoms with Crippen LogP contribution in [0.15, 0.2) is 35.3 Å². The summed E-state index contributed by atoms with van der Waals surface area (Å²) in [4.78, 5) is 44.2. The Kier molecular flexibility index (Phi) is 5.17. The van der Waals surface area contributed by atoms with Gasteiger partial charge < -0.3 is 20.2 Å². The van der Waals surface area contributed by atoms with Crippen molar-refractivity contribution in [1.82, 2.24) is 20.4 Å². The van der Waals surface area contributed by atoms with E-state index in [1.807, 2.05) is 6.07 Å². The number of imide groups is 1. The number of aliphatic hydroxyl groups is 1. The number of aliphatic hydroxyl groups excluding tert-OH is 1. The second-order valence-corrected chi connectivity index (χ2v) is 6.14. The molecule has 3 rings (SSSR count). The number of aliphatic imine (C=N–C) groups is 1. The molecule has 0 aromatic heterocycles. The number of urea groups is 1. The SMILES string of the molecule is CN1C(=O)NC(=O)C2C1NC(=NCCCO)N2CC(=O)c1ccccc1. The van der Waals surface area contributed by atoms with Crippen molar-refractivity contribution in [3.63, 3.8) is 0 Å². The molecule has 2 atom stereocenters. The number of benzene rings is 1. The third-order valence-corrected chi connectivity index (χ3v) is 4.41. The molecule has 3 N–H and O–H groups in total. The van der Waals surface area contributed by atoms with E-state index in [4.69, 9.17) is 5.11 Å². The number of likely N-dealkylation sites (N-methyl/N-ethyl adjacent to an activating group) is 1. The molecule has 0 bridgehead atoms. The van der Waals surface area contributed by atoms with Crippen molar-refractivity contribution >= 4 is 23.7 Å². The van der Waals surface area contributed by atoms with Gasteiger partial charge in [-0.25, -0.2) is 4.79 Å². The molecule has 0 spiro atoms. The fraction of sp³-hybridized carbons (Fsp3) is 0.412. The molecule has 138 valence electrons. The Morgan fingerprint density at radius 2 is 2.00 bits per heavy atom. The average molecular weight is 359 g/mol. The molecule has 2 aliphatic heterocycles. The number of hydrogen-bond donors (Lipinski definition) is 3. The highest BCUT2D eigenvalue weighted by Gasteiger charge is 2.50.